The molecule has 2 aromatic heterocycles. The Labute approximate surface area is 191 Å². The van der Waals surface area contributed by atoms with Crippen molar-refractivity contribution in [2.45, 2.75) is 22.9 Å². The molecule has 2 heterocycles. The second kappa shape index (κ2) is 10.2. The van der Waals surface area contributed by atoms with Crippen LogP contribution in [-0.4, -0.2) is 21.1 Å². The fourth-order valence-electron chi connectivity index (χ4n) is 2.75. The van der Waals surface area contributed by atoms with Crippen molar-refractivity contribution in [2.75, 3.05) is 5.32 Å². The molecule has 32 heavy (non-hydrogen) atoms. The Morgan fingerprint density at radius 2 is 2.00 bits per heavy atom. The highest BCUT2D eigenvalue weighted by molar-refractivity contribution is 8.00. The number of halogens is 1. The monoisotopic (exact) mass is 465 g/mol. The number of aromatic nitrogens is 3. The quantitative estimate of drug-likeness (QED) is 0.286. The van der Waals surface area contributed by atoms with Crippen LogP contribution in [0.5, 0.6) is 0 Å². The first-order chi connectivity index (χ1) is 15.6. The van der Waals surface area contributed by atoms with Crippen LogP contribution in [0, 0.1) is 17.1 Å². The average Bonchev–Trinajstić information content (AvgIpc) is 3.46. The van der Waals surface area contributed by atoms with Gasteiger partial charge in [0.2, 0.25) is 11.0 Å². The second-order valence-corrected chi connectivity index (χ2v) is 8.82. The molecule has 0 saturated heterocycles. The highest BCUT2D eigenvalue weighted by Gasteiger charge is 2.13. The zero-order chi connectivity index (χ0) is 22.3. The van der Waals surface area contributed by atoms with Crippen LogP contribution in [0.2, 0.25) is 0 Å². The van der Waals surface area contributed by atoms with Crippen LogP contribution in [0.3, 0.4) is 0 Å². The number of benzene rings is 2. The van der Waals surface area contributed by atoms with Crippen LogP contribution < -0.4 is 5.32 Å². The van der Waals surface area contributed by atoms with Gasteiger partial charge in [-0.3, -0.25) is 4.79 Å². The number of nitrogens with zero attached hydrogens (tertiary/aromatic N) is 4. The maximum absolute atomic E-state index is 13.8. The van der Waals surface area contributed by atoms with E-state index in [0.29, 0.717) is 33.7 Å². The Morgan fingerprint density at radius 3 is 2.78 bits per heavy atom. The Hall–Kier alpha value is -3.55. The minimum Gasteiger partial charge on any atom is -0.441 e. The molecule has 0 aliphatic rings. The zero-order valence-electron chi connectivity index (χ0n) is 16.6. The van der Waals surface area contributed by atoms with Crippen molar-refractivity contribution >= 4 is 34.1 Å². The molecule has 0 unspecified atom stereocenters. The van der Waals surface area contributed by atoms with Crippen LogP contribution in [0.25, 0.3) is 11.3 Å². The molecule has 0 bridgehead atoms. The number of nitriles is 1. The van der Waals surface area contributed by atoms with E-state index in [-0.39, 0.29) is 18.7 Å². The zero-order valence-corrected chi connectivity index (χ0v) is 18.3. The lowest BCUT2D eigenvalue weighted by Gasteiger charge is -2.00. The van der Waals surface area contributed by atoms with Crippen LogP contribution in [-0.2, 0) is 17.0 Å². The highest BCUT2D eigenvalue weighted by Crippen LogP contribution is 2.28. The fourth-order valence-corrected chi connectivity index (χ4v) is 4.48. The molecule has 160 valence electrons. The lowest BCUT2D eigenvalue weighted by atomic mass is 10.2. The van der Waals surface area contributed by atoms with Crippen molar-refractivity contribution < 1.29 is 13.6 Å². The van der Waals surface area contributed by atoms with Gasteiger partial charge in [0.15, 0.2) is 16.0 Å². The van der Waals surface area contributed by atoms with Crippen LogP contribution in [0.15, 0.2) is 63.5 Å². The molecule has 0 spiro atoms. The van der Waals surface area contributed by atoms with Crippen molar-refractivity contribution in [3.63, 3.8) is 0 Å². The van der Waals surface area contributed by atoms with Crippen molar-refractivity contribution in [1.82, 2.24) is 15.2 Å². The van der Waals surface area contributed by atoms with Gasteiger partial charge in [-0.1, -0.05) is 47.4 Å². The number of amides is 1. The number of hydrogen-bond donors (Lipinski definition) is 1. The largest absolute Gasteiger partial charge is 0.441 e. The molecule has 1 N–H and O–H groups in total. The molecule has 0 aliphatic carbocycles. The number of nitrogens with one attached hydrogen (secondary N) is 1. The molecule has 0 fully saturated rings. The lowest BCUT2D eigenvalue weighted by Crippen LogP contribution is -2.12. The summed E-state index contributed by atoms with van der Waals surface area (Å²) in [5.74, 6) is 0.733. The summed E-state index contributed by atoms with van der Waals surface area (Å²) in [6.07, 6.45) is 1.87. The van der Waals surface area contributed by atoms with Gasteiger partial charge in [-0.05, 0) is 29.8 Å². The van der Waals surface area contributed by atoms with E-state index in [1.807, 2.05) is 12.1 Å². The first-order valence-corrected chi connectivity index (χ1v) is 11.4. The van der Waals surface area contributed by atoms with E-state index in [4.69, 9.17) is 9.68 Å². The fraction of sp³-hybridized carbons (Fsp3) is 0.136. The molecule has 10 heteroatoms. The van der Waals surface area contributed by atoms with Crippen LogP contribution in [0.4, 0.5) is 9.52 Å². The molecular weight excluding hydrogens is 449 g/mol. The van der Waals surface area contributed by atoms with E-state index in [1.165, 1.54) is 35.4 Å². The molecule has 4 aromatic rings. The second-order valence-electron chi connectivity index (χ2n) is 6.62. The van der Waals surface area contributed by atoms with Gasteiger partial charge < -0.3 is 9.73 Å². The van der Waals surface area contributed by atoms with Gasteiger partial charge >= 0.3 is 0 Å². The van der Waals surface area contributed by atoms with Gasteiger partial charge in [0.05, 0.1) is 23.4 Å². The predicted molar refractivity (Wildman–Crippen MR) is 119 cm³/mol. The molecule has 0 atom stereocenters. The molecule has 2 aromatic carbocycles. The van der Waals surface area contributed by atoms with Crippen LogP contribution >= 0.6 is 23.1 Å². The lowest BCUT2D eigenvalue weighted by molar-refractivity contribution is -0.116. The number of carbonyl (C=O) groups excluding carboxylic acids is 1. The topological polar surface area (TPSA) is 105 Å². The Morgan fingerprint density at radius 1 is 1.19 bits per heavy atom. The van der Waals surface area contributed by atoms with Crippen molar-refractivity contribution in [3.8, 4) is 17.4 Å². The number of carbonyl (C=O) groups is 1. The average molecular weight is 466 g/mol. The summed E-state index contributed by atoms with van der Waals surface area (Å²) in [4.78, 5) is 16.4. The predicted octanol–water partition coefficient (Wildman–Crippen LogP) is 5.07. The van der Waals surface area contributed by atoms with Gasteiger partial charge in [0.1, 0.15) is 5.82 Å². The van der Waals surface area contributed by atoms with Gasteiger partial charge in [-0.15, -0.1) is 10.2 Å². The Bertz CT molecular complexity index is 1260. The number of aryl methyl sites for hydroxylation is 1. The molecule has 7 nitrogen and oxygen atoms in total. The van der Waals surface area contributed by atoms with E-state index in [2.05, 4.69) is 26.6 Å². The van der Waals surface area contributed by atoms with Gasteiger partial charge in [-0.25, -0.2) is 9.37 Å². The minimum absolute atomic E-state index is 0.143. The maximum atomic E-state index is 13.8. The molecule has 1 amide bonds. The Balaban J connectivity index is 1.25. The summed E-state index contributed by atoms with van der Waals surface area (Å²) in [6.45, 7) is 0. The van der Waals surface area contributed by atoms with E-state index >= 15 is 0 Å². The summed E-state index contributed by atoms with van der Waals surface area (Å²) in [7, 11) is 0. The summed E-state index contributed by atoms with van der Waals surface area (Å²) in [5.41, 5.74) is 2.01. The third-order valence-corrected chi connectivity index (χ3v) is 6.40. The molecule has 4 rings (SSSR count). The third kappa shape index (κ3) is 5.57. The normalized spacial score (nSPS) is 10.6. The standard InChI is InChI=1S/C22H16FN5O2S2/c23-17-4-2-1-3-16(17)18-12-25-20(30-18)10-9-19(29)26-21-27-28-22(32-21)31-13-15-7-5-14(11-24)6-8-15/h1-8,12H,9-10,13H2,(H,26,27,29). The van der Waals surface area contributed by atoms with E-state index in [1.54, 1.807) is 30.3 Å². The van der Waals surface area contributed by atoms with Crippen molar-refractivity contribution in [1.29, 1.82) is 5.26 Å². The highest BCUT2D eigenvalue weighted by atomic mass is 32.2. The summed E-state index contributed by atoms with van der Waals surface area (Å²) in [5, 5.41) is 20.1. The summed E-state index contributed by atoms with van der Waals surface area (Å²) >= 11 is 2.79. The summed E-state index contributed by atoms with van der Waals surface area (Å²) < 4.78 is 20.1. The smallest absolute Gasteiger partial charge is 0.226 e. The Kier molecular flexibility index (Phi) is 6.89. The maximum Gasteiger partial charge on any atom is 0.226 e. The number of hydrogen-bond acceptors (Lipinski definition) is 8. The number of oxazole rings is 1. The number of thioether (sulfide) groups is 1. The first kappa shape index (κ1) is 21.7. The SMILES string of the molecule is N#Cc1ccc(CSc2nnc(NC(=O)CCc3ncc(-c4ccccc4F)o3)s2)cc1. The molecule has 0 radical (unpaired) electrons. The summed E-state index contributed by atoms with van der Waals surface area (Å²) in [6, 6.07) is 15.7. The third-order valence-electron chi connectivity index (χ3n) is 4.36. The number of anilines is 1. The van der Waals surface area contributed by atoms with Gasteiger partial charge in [0.25, 0.3) is 0 Å². The van der Waals surface area contributed by atoms with E-state index in [9.17, 15) is 9.18 Å². The van der Waals surface area contributed by atoms with Crippen LogP contribution in [0.1, 0.15) is 23.4 Å². The molecule has 0 saturated carbocycles. The van der Waals surface area contributed by atoms with Gasteiger partial charge in [-0.2, -0.15) is 5.26 Å². The minimum atomic E-state index is -0.392. The molecular formula is C22H16FN5O2S2. The first-order valence-electron chi connectivity index (χ1n) is 9.55. The van der Waals surface area contributed by atoms with E-state index < -0.39 is 5.82 Å². The van der Waals surface area contributed by atoms with Gasteiger partial charge in [0, 0.05) is 18.6 Å². The van der Waals surface area contributed by atoms with Crippen molar-refractivity contribution in [2.24, 2.45) is 0 Å². The number of rotatable bonds is 8. The van der Waals surface area contributed by atoms with Crippen molar-refractivity contribution in [3.05, 3.63) is 77.6 Å². The molecule has 0 aliphatic heterocycles. The van der Waals surface area contributed by atoms with E-state index in [0.717, 1.165) is 9.90 Å².